The molecular formula is C12H17NO4. The van der Waals surface area contributed by atoms with Gasteiger partial charge in [0.1, 0.15) is 6.54 Å². The van der Waals surface area contributed by atoms with Crippen molar-refractivity contribution in [3.8, 4) is 5.75 Å². The van der Waals surface area contributed by atoms with Crippen molar-refractivity contribution in [2.75, 3.05) is 13.2 Å². The second kappa shape index (κ2) is 6.73. The SMILES string of the molecule is CCCOC(=O)Cn1cccc(OCC)c1=O. The molecule has 0 N–H and O–H groups in total. The summed E-state index contributed by atoms with van der Waals surface area (Å²) in [5, 5.41) is 0. The zero-order chi connectivity index (χ0) is 12.7. The molecule has 0 fully saturated rings. The maximum absolute atomic E-state index is 11.8. The number of pyridine rings is 1. The quantitative estimate of drug-likeness (QED) is 0.700. The van der Waals surface area contributed by atoms with E-state index in [-0.39, 0.29) is 17.9 Å². The van der Waals surface area contributed by atoms with Crippen LogP contribution in [0.2, 0.25) is 0 Å². The van der Waals surface area contributed by atoms with Crippen LogP contribution in [0, 0.1) is 0 Å². The van der Waals surface area contributed by atoms with Gasteiger partial charge in [-0.1, -0.05) is 6.92 Å². The number of carbonyl (C=O) groups excluding carboxylic acids is 1. The molecule has 0 spiro atoms. The molecule has 94 valence electrons. The lowest BCUT2D eigenvalue weighted by Gasteiger charge is -2.08. The van der Waals surface area contributed by atoms with Gasteiger partial charge in [-0.2, -0.15) is 0 Å². The van der Waals surface area contributed by atoms with Gasteiger partial charge in [0.25, 0.3) is 5.56 Å². The molecule has 0 bridgehead atoms. The van der Waals surface area contributed by atoms with Gasteiger partial charge < -0.3 is 14.0 Å². The Hall–Kier alpha value is -1.78. The standard InChI is InChI=1S/C12H17NO4/c1-3-8-17-11(14)9-13-7-5-6-10(12(13)15)16-4-2/h5-7H,3-4,8-9H2,1-2H3. The van der Waals surface area contributed by atoms with Gasteiger partial charge in [0.15, 0.2) is 5.75 Å². The van der Waals surface area contributed by atoms with E-state index in [0.29, 0.717) is 13.2 Å². The second-order valence-corrected chi connectivity index (χ2v) is 3.46. The molecule has 0 aliphatic heterocycles. The lowest BCUT2D eigenvalue weighted by Crippen LogP contribution is -2.26. The molecule has 0 amide bonds. The molecule has 1 heterocycles. The normalized spacial score (nSPS) is 10.0. The molecule has 0 atom stereocenters. The molecule has 5 nitrogen and oxygen atoms in total. The summed E-state index contributed by atoms with van der Waals surface area (Å²) < 4.78 is 11.3. The maximum Gasteiger partial charge on any atom is 0.326 e. The van der Waals surface area contributed by atoms with E-state index in [2.05, 4.69) is 0 Å². The van der Waals surface area contributed by atoms with Crippen LogP contribution in [0.1, 0.15) is 20.3 Å². The van der Waals surface area contributed by atoms with Crippen LogP contribution >= 0.6 is 0 Å². The molecule has 0 aliphatic carbocycles. The van der Waals surface area contributed by atoms with Gasteiger partial charge in [0.2, 0.25) is 0 Å². The number of esters is 1. The van der Waals surface area contributed by atoms with E-state index in [1.807, 2.05) is 6.92 Å². The first-order valence-electron chi connectivity index (χ1n) is 5.66. The third-order valence-electron chi connectivity index (χ3n) is 2.05. The Kier molecular flexibility index (Phi) is 5.26. The van der Waals surface area contributed by atoms with Gasteiger partial charge in [0.05, 0.1) is 13.2 Å². The molecule has 0 aromatic carbocycles. The molecule has 17 heavy (non-hydrogen) atoms. The van der Waals surface area contributed by atoms with Crippen LogP contribution in [0.25, 0.3) is 0 Å². The van der Waals surface area contributed by atoms with E-state index in [9.17, 15) is 9.59 Å². The highest BCUT2D eigenvalue weighted by Gasteiger charge is 2.08. The molecule has 5 heteroatoms. The van der Waals surface area contributed by atoms with E-state index in [1.165, 1.54) is 10.8 Å². The maximum atomic E-state index is 11.8. The van der Waals surface area contributed by atoms with Crippen LogP contribution in [0.4, 0.5) is 0 Å². The molecule has 0 saturated carbocycles. The summed E-state index contributed by atoms with van der Waals surface area (Å²) in [5.41, 5.74) is -0.317. The summed E-state index contributed by atoms with van der Waals surface area (Å²) >= 11 is 0. The smallest absolute Gasteiger partial charge is 0.326 e. The second-order valence-electron chi connectivity index (χ2n) is 3.46. The van der Waals surface area contributed by atoms with E-state index in [1.54, 1.807) is 19.1 Å². The third kappa shape index (κ3) is 3.94. The average molecular weight is 239 g/mol. The average Bonchev–Trinajstić information content (AvgIpc) is 2.32. The van der Waals surface area contributed by atoms with Crippen LogP contribution in [0.15, 0.2) is 23.1 Å². The Morgan fingerprint density at radius 3 is 2.82 bits per heavy atom. The lowest BCUT2D eigenvalue weighted by molar-refractivity contribution is -0.144. The Labute approximate surface area is 100.0 Å². The summed E-state index contributed by atoms with van der Waals surface area (Å²) in [5.74, 6) is -0.166. The van der Waals surface area contributed by atoms with Crippen molar-refractivity contribution >= 4 is 5.97 Å². The number of hydrogen-bond acceptors (Lipinski definition) is 4. The summed E-state index contributed by atoms with van der Waals surface area (Å²) in [4.78, 5) is 23.2. The molecule has 0 unspecified atom stereocenters. The number of ether oxygens (including phenoxy) is 2. The predicted molar refractivity (Wildman–Crippen MR) is 63.1 cm³/mol. The Balaban J connectivity index is 2.74. The van der Waals surface area contributed by atoms with Crippen molar-refractivity contribution in [2.24, 2.45) is 0 Å². The number of nitrogens with zero attached hydrogens (tertiary/aromatic N) is 1. The van der Waals surface area contributed by atoms with Gasteiger partial charge in [-0.25, -0.2) is 0 Å². The molecule has 1 rings (SSSR count). The number of carbonyl (C=O) groups is 1. The van der Waals surface area contributed by atoms with E-state index >= 15 is 0 Å². The van der Waals surface area contributed by atoms with Gasteiger partial charge in [-0.15, -0.1) is 0 Å². The minimum absolute atomic E-state index is 0.0836. The van der Waals surface area contributed by atoms with Crippen LogP contribution in [-0.4, -0.2) is 23.8 Å². The van der Waals surface area contributed by atoms with E-state index in [4.69, 9.17) is 9.47 Å². The van der Waals surface area contributed by atoms with Crippen molar-refractivity contribution in [3.63, 3.8) is 0 Å². The summed E-state index contributed by atoms with van der Waals surface area (Å²) in [6, 6.07) is 3.25. The number of aromatic nitrogens is 1. The highest BCUT2D eigenvalue weighted by atomic mass is 16.5. The molecule has 0 aliphatic rings. The van der Waals surface area contributed by atoms with Gasteiger partial charge in [-0.3, -0.25) is 9.59 Å². The fraction of sp³-hybridized carbons (Fsp3) is 0.500. The minimum Gasteiger partial charge on any atom is -0.488 e. The Bertz CT molecular complexity index is 425. The highest BCUT2D eigenvalue weighted by molar-refractivity contribution is 5.69. The van der Waals surface area contributed by atoms with Crippen molar-refractivity contribution < 1.29 is 14.3 Å². The summed E-state index contributed by atoms with van der Waals surface area (Å²) in [7, 11) is 0. The first-order chi connectivity index (χ1) is 8.19. The monoisotopic (exact) mass is 239 g/mol. The number of rotatable bonds is 6. The fourth-order valence-electron chi connectivity index (χ4n) is 1.31. The van der Waals surface area contributed by atoms with Crippen molar-refractivity contribution in [1.82, 2.24) is 4.57 Å². The molecule has 0 saturated heterocycles. The topological polar surface area (TPSA) is 57.5 Å². The predicted octanol–water partition coefficient (Wildman–Crippen LogP) is 1.20. The van der Waals surface area contributed by atoms with Crippen LogP contribution in [0.3, 0.4) is 0 Å². The van der Waals surface area contributed by atoms with Crippen LogP contribution < -0.4 is 10.3 Å². The zero-order valence-electron chi connectivity index (χ0n) is 10.1. The summed E-state index contributed by atoms with van der Waals surface area (Å²) in [6.45, 7) is 4.42. The first-order valence-corrected chi connectivity index (χ1v) is 5.66. The van der Waals surface area contributed by atoms with E-state index in [0.717, 1.165) is 6.42 Å². The molecule has 1 aromatic heterocycles. The van der Waals surface area contributed by atoms with Crippen LogP contribution in [0.5, 0.6) is 5.75 Å². The number of hydrogen-bond donors (Lipinski definition) is 0. The Morgan fingerprint density at radius 1 is 1.41 bits per heavy atom. The van der Waals surface area contributed by atoms with Crippen molar-refractivity contribution in [1.29, 1.82) is 0 Å². The van der Waals surface area contributed by atoms with Crippen molar-refractivity contribution in [3.05, 3.63) is 28.7 Å². The highest BCUT2D eigenvalue weighted by Crippen LogP contribution is 2.01. The molecule has 1 aromatic rings. The molecule has 0 radical (unpaired) electrons. The van der Waals surface area contributed by atoms with E-state index < -0.39 is 5.97 Å². The van der Waals surface area contributed by atoms with Gasteiger partial charge >= 0.3 is 5.97 Å². The first kappa shape index (κ1) is 13.3. The third-order valence-corrected chi connectivity index (χ3v) is 2.05. The van der Waals surface area contributed by atoms with Crippen molar-refractivity contribution in [2.45, 2.75) is 26.8 Å². The lowest BCUT2D eigenvalue weighted by atomic mass is 10.4. The largest absolute Gasteiger partial charge is 0.488 e. The summed E-state index contributed by atoms with van der Waals surface area (Å²) in [6.07, 6.45) is 2.30. The zero-order valence-corrected chi connectivity index (χ0v) is 10.1. The van der Waals surface area contributed by atoms with Gasteiger partial charge in [0, 0.05) is 6.20 Å². The Morgan fingerprint density at radius 2 is 2.18 bits per heavy atom. The molecular weight excluding hydrogens is 222 g/mol. The fourth-order valence-corrected chi connectivity index (χ4v) is 1.31. The minimum atomic E-state index is -0.414. The van der Waals surface area contributed by atoms with Crippen LogP contribution in [-0.2, 0) is 16.1 Å². The van der Waals surface area contributed by atoms with Gasteiger partial charge in [-0.05, 0) is 25.5 Å².